The largest absolute Gasteiger partial charge is 0.496 e. The van der Waals surface area contributed by atoms with E-state index in [0.29, 0.717) is 17.4 Å². The average Bonchev–Trinajstić information content (AvgIpc) is 2.36. The monoisotopic (exact) mass is 234 g/mol. The van der Waals surface area contributed by atoms with Gasteiger partial charge in [0.1, 0.15) is 11.6 Å². The number of hydrogen-bond donors (Lipinski definition) is 0. The number of aromatic nitrogens is 3. The summed E-state index contributed by atoms with van der Waals surface area (Å²) in [4.78, 5) is 14.5. The van der Waals surface area contributed by atoms with Crippen molar-refractivity contribution >= 4 is 16.9 Å². The van der Waals surface area contributed by atoms with Crippen LogP contribution in [0.25, 0.3) is 11.0 Å². The van der Waals surface area contributed by atoms with Gasteiger partial charge in [0, 0.05) is 26.4 Å². The molecule has 0 unspecified atom stereocenters. The Morgan fingerprint density at radius 1 is 1.12 bits per heavy atom. The van der Waals surface area contributed by atoms with E-state index in [1.54, 1.807) is 13.3 Å². The van der Waals surface area contributed by atoms with Crippen LogP contribution in [0.1, 0.15) is 0 Å². The van der Waals surface area contributed by atoms with Gasteiger partial charge in [-0.1, -0.05) is 0 Å². The maximum Gasteiger partial charge on any atom is 0.318 e. The molecule has 6 heteroatoms. The Morgan fingerprint density at radius 3 is 2.47 bits per heavy atom. The number of fused-ring (bicyclic) bond motifs is 1. The first kappa shape index (κ1) is 11.4. The molecule has 0 saturated carbocycles. The van der Waals surface area contributed by atoms with Crippen molar-refractivity contribution < 1.29 is 9.47 Å². The first-order valence-corrected chi connectivity index (χ1v) is 5.09. The molecule has 0 aliphatic heterocycles. The lowest BCUT2D eigenvalue weighted by Gasteiger charge is -2.13. The van der Waals surface area contributed by atoms with Crippen LogP contribution in [-0.4, -0.2) is 43.3 Å². The van der Waals surface area contributed by atoms with E-state index >= 15 is 0 Å². The lowest BCUT2D eigenvalue weighted by molar-refractivity contribution is 0.381. The predicted molar refractivity (Wildman–Crippen MR) is 64.8 cm³/mol. The van der Waals surface area contributed by atoms with Gasteiger partial charge in [-0.2, -0.15) is 4.98 Å². The zero-order valence-electron chi connectivity index (χ0n) is 10.3. The van der Waals surface area contributed by atoms with E-state index in [1.807, 2.05) is 25.1 Å². The summed E-state index contributed by atoms with van der Waals surface area (Å²) in [5, 5.41) is 0.763. The van der Waals surface area contributed by atoms with Crippen molar-refractivity contribution in [3.05, 3.63) is 12.3 Å². The summed E-state index contributed by atoms with van der Waals surface area (Å²) in [6.45, 7) is 0. The molecule has 0 saturated heterocycles. The van der Waals surface area contributed by atoms with Crippen LogP contribution in [0.2, 0.25) is 0 Å². The molecule has 0 aliphatic carbocycles. The van der Waals surface area contributed by atoms with Crippen molar-refractivity contribution in [1.82, 2.24) is 15.0 Å². The number of rotatable bonds is 3. The van der Waals surface area contributed by atoms with Gasteiger partial charge in [-0.05, 0) is 0 Å². The molecule has 0 atom stereocenters. The maximum absolute atomic E-state index is 5.30. The Balaban J connectivity index is 2.69. The molecule has 90 valence electrons. The summed E-state index contributed by atoms with van der Waals surface area (Å²) in [5.74, 6) is 1.47. The highest BCUT2D eigenvalue weighted by atomic mass is 16.5. The van der Waals surface area contributed by atoms with Gasteiger partial charge >= 0.3 is 6.01 Å². The van der Waals surface area contributed by atoms with Gasteiger partial charge in [0.25, 0.3) is 0 Å². The highest BCUT2D eigenvalue weighted by molar-refractivity contribution is 5.83. The zero-order chi connectivity index (χ0) is 12.4. The van der Waals surface area contributed by atoms with Crippen LogP contribution in [0.3, 0.4) is 0 Å². The summed E-state index contributed by atoms with van der Waals surface area (Å²) in [6.07, 6.45) is 1.65. The van der Waals surface area contributed by atoms with Crippen molar-refractivity contribution in [2.24, 2.45) is 0 Å². The van der Waals surface area contributed by atoms with Crippen LogP contribution < -0.4 is 14.4 Å². The van der Waals surface area contributed by atoms with Crippen LogP contribution in [-0.2, 0) is 0 Å². The molecule has 0 spiro atoms. The molecule has 0 bridgehead atoms. The number of methoxy groups -OCH3 is 2. The van der Waals surface area contributed by atoms with Crippen LogP contribution in [0.5, 0.6) is 11.8 Å². The molecule has 17 heavy (non-hydrogen) atoms. The third kappa shape index (κ3) is 2.06. The van der Waals surface area contributed by atoms with Gasteiger partial charge in [0.15, 0.2) is 5.65 Å². The van der Waals surface area contributed by atoms with E-state index in [0.717, 1.165) is 11.2 Å². The molecular weight excluding hydrogens is 220 g/mol. The van der Waals surface area contributed by atoms with E-state index < -0.39 is 0 Å². The third-order valence-corrected chi connectivity index (χ3v) is 2.35. The molecule has 0 fully saturated rings. The number of ether oxygens (including phenoxy) is 2. The van der Waals surface area contributed by atoms with Gasteiger partial charge in [-0.15, -0.1) is 0 Å². The average molecular weight is 234 g/mol. The molecular formula is C11H14N4O2. The highest BCUT2D eigenvalue weighted by Gasteiger charge is 2.10. The fraction of sp³-hybridized carbons (Fsp3) is 0.364. The van der Waals surface area contributed by atoms with Crippen LogP contribution >= 0.6 is 0 Å². The SMILES string of the molecule is COc1ncc2c(OC)cc(N(C)C)nc2n1. The second-order valence-corrected chi connectivity index (χ2v) is 3.67. The van der Waals surface area contributed by atoms with Crippen molar-refractivity contribution in [2.75, 3.05) is 33.2 Å². The minimum Gasteiger partial charge on any atom is -0.496 e. The smallest absolute Gasteiger partial charge is 0.318 e. The van der Waals surface area contributed by atoms with Gasteiger partial charge in [0.2, 0.25) is 0 Å². The predicted octanol–water partition coefficient (Wildman–Crippen LogP) is 1.11. The van der Waals surface area contributed by atoms with E-state index in [1.165, 1.54) is 7.11 Å². The lowest BCUT2D eigenvalue weighted by atomic mass is 10.3. The Morgan fingerprint density at radius 2 is 1.88 bits per heavy atom. The Hall–Kier alpha value is -2.11. The van der Waals surface area contributed by atoms with E-state index in [2.05, 4.69) is 15.0 Å². The molecule has 0 N–H and O–H groups in total. The second kappa shape index (κ2) is 4.40. The molecule has 0 amide bonds. The topological polar surface area (TPSA) is 60.4 Å². The summed E-state index contributed by atoms with van der Waals surface area (Å²) in [7, 11) is 6.95. The van der Waals surface area contributed by atoms with Crippen LogP contribution in [0.4, 0.5) is 5.82 Å². The maximum atomic E-state index is 5.30. The molecule has 2 rings (SSSR count). The van der Waals surface area contributed by atoms with Gasteiger partial charge in [-0.25, -0.2) is 9.97 Å². The highest BCUT2D eigenvalue weighted by Crippen LogP contribution is 2.27. The molecule has 0 aromatic carbocycles. The molecule has 0 radical (unpaired) electrons. The molecule has 2 aromatic rings. The van der Waals surface area contributed by atoms with Gasteiger partial charge < -0.3 is 14.4 Å². The van der Waals surface area contributed by atoms with Crippen LogP contribution in [0, 0.1) is 0 Å². The lowest BCUT2D eigenvalue weighted by Crippen LogP contribution is -2.11. The molecule has 6 nitrogen and oxygen atoms in total. The normalized spacial score (nSPS) is 10.4. The molecule has 2 aromatic heterocycles. The standard InChI is InChI=1S/C11H14N4O2/c1-15(2)9-5-8(16-3)7-6-12-11(17-4)14-10(7)13-9/h5-6H,1-4H3. The van der Waals surface area contributed by atoms with Gasteiger partial charge in [0.05, 0.1) is 19.6 Å². The quantitative estimate of drug-likeness (QED) is 0.792. The fourth-order valence-corrected chi connectivity index (χ4v) is 1.45. The first-order valence-electron chi connectivity index (χ1n) is 5.09. The van der Waals surface area contributed by atoms with Gasteiger partial charge in [-0.3, -0.25) is 0 Å². The van der Waals surface area contributed by atoms with E-state index in [9.17, 15) is 0 Å². The third-order valence-electron chi connectivity index (χ3n) is 2.35. The minimum absolute atomic E-state index is 0.294. The summed E-state index contributed by atoms with van der Waals surface area (Å²) in [5.41, 5.74) is 0.555. The zero-order valence-corrected chi connectivity index (χ0v) is 10.3. The number of pyridine rings is 1. The molecule has 2 heterocycles. The van der Waals surface area contributed by atoms with E-state index in [4.69, 9.17) is 9.47 Å². The number of hydrogen-bond acceptors (Lipinski definition) is 6. The summed E-state index contributed by atoms with van der Waals surface area (Å²) >= 11 is 0. The van der Waals surface area contributed by atoms with Crippen molar-refractivity contribution in [1.29, 1.82) is 0 Å². The van der Waals surface area contributed by atoms with Crippen LogP contribution in [0.15, 0.2) is 12.3 Å². The minimum atomic E-state index is 0.294. The molecule has 0 aliphatic rings. The van der Waals surface area contributed by atoms with Crippen molar-refractivity contribution in [3.8, 4) is 11.8 Å². The number of anilines is 1. The summed E-state index contributed by atoms with van der Waals surface area (Å²) < 4.78 is 10.3. The summed E-state index contributed by atoms with van der Waals surface area (Å²) in [6, 6.07) is 2.14. The first-order chi connectivity index (χ1) is 8.15. The van der Waals surface area contributed by atoms with E-state index in [-0.39, 0.29) is 0 Å². The van der Waals surface area contributed by atoms with Crippen molar-refractivity contribution in [3.63, 3.8) is 0 Å². The Bertz CT molecular complexity index is 542. The fourth-order valence-electron chi connectivity index (χ4n) is 1.45. The van der Waals surface area contributed by atoms with Crippen molar-refractivity contribution in [2.45, 2.75) is 0 Å². The Labute approximate surface area is 99.2 Å². The second-order valence-electron chi connectivity index (χ2n) is 3.67. The Kier molecular flexibility index (Phi) is 2.95. The number of nitrogens with zero attached hydrogens (tertiary/aromatic N) is 4.